The molecule has 1 aromatic carbocycles. The Kier molecular flexibility index (Phi) is 4.21. The van der Waals surface area contributed by atoms with Gasteiger partial charge in [0.25, 0.3) is 0 Å². The normalized spacial score (nSPS) is 10.1. The van der Waals surface area contributed by atoms with Gasteiger partial charge in [-0.2, -0.15) is 0 Å². The summed E-state index contributed by atoms with van der Waals surface area (Å²) >= 11 is 5.74. The number of carboxylic acids is 1. The molecule has 0 aliphatic carbocycles. The van der Waals surface area contributed by atoms with Crippen molar-refractivity contribution < 1.29 is 14.7 Å². The summed E-state index contributed by atoms with van der Waals surface area (Å²) in [4.78, 5) is 29.2. The van der Waals surface area contributed by atoms with E-state index < -0.39 is 12.0 Å². The summed E-state index contributed by atoms with van der Waals surface area (Å²) in [5.41, 5.74) is 1.02. The van der Waals surface area contributed by atoms with Crippen LogP contribution in [0.15, 0.2) is 30.7 Å². The van der Waals surface area contributed by atoms with Crippen LogP contribution in [0, 0.1) is 0 Å². The third kappa shape index (κ3) is 3.48. The van der Waals surface area contributed by atoms with Crippen molar-refractivity contribution in [2.24, 2.45) is 0 Å². The lowest BCUT2D eigenvalue weighted by Crippen LogP contribution is -2.28. The number of H-pyrrole nitrogens is 1. The van der Waals surface area contributed by atoms with Gasteiger partial charge in [-0.1, -0.05) is 11.6 Å². The number of rotatable bonds is 4. The van der Waals surface area contributed by atoms with Crippen LogP contribution in [-0.2, 0) is 6.54 Å². The lowest BCUT2D eigenvalue weighted by Gasteiger charge is -2.08. The highest BCUT2D eigenvalue weighted by atomic mass is 35.5. The highest BCUT2D eigenvalue weighted by Crippen LogP contribution is 2.20. The van der Waals surface area contributed by atoms with Crippen molar-refractivity contribution in [1.29, 1.82) is 0 Å². The second-order valence-corrected chi connectivity index (χ2v) is 4.29. The monoisotopic (exact) mass is 294 g/mol. The number of carbonyl (C=O) groups excluding carboxylic acids is 1. The first-order chi connectivity index (χ1) is 9.56. The molecular formula is C12H11ClN4O3. The molecular weight excluding hydrogens is 284 g/mol. The van der Waals surface area contributed by atoms with Crippen molar-refractivity contribution in [3.05, 3.63) is 47.0 Å². The Balaban J connectivity index is 1.97. The predicted octanol–water partition coefficient (Wildman–Crippen LogP) is 2.08. The lowest BCUT2D eigenvalue weighted by molar-refractivity contribution is 0.0697. The number of urea groups is 1. The maximum Gasteiger partial charge on any atom is 0.337 e. The van der Waals surface area contributed by atoms with Crippen LogP contribution in [-0.4, -0.2) is 27.1 Å². The Morgan fingerprint density at radius 1 is 1.40 bits per heavy atom. The fourth-order valence-corrected chi connectivity index (χ4v) is 1.70. The van der Waals surface area contributed by atoms with Gasteiger partial charge in [-0.3, -0.25) is 0 Å². The number of aromatic nitrogens is 2. The number of halogens is 1. The second-order valence-electron chi connectivity index (χ2n) is 3.88. The molecule has 0 radical (unpaired) electrons. The average molecular weight is 295 g/mol. The number of anilines is 1. The molecule has 0 unspecified atom stereocenters. The van der Waals surface area contributed by atoms with Crippen LogP contribution >= 0.6 is 11.6 Å². The second kappa shape index (κ2) is 6.07. The molecule has 8 heteroatoms. The Morgan fingerprint density at radius 3 is 2.85 bits per heavy atom. The number of nitrogens with one attached hydrogen (secondary N) is 3. The molecule has 0 atom stereocenters. The number of aromatic amines is 1. The SMILES string of the molecule is O=C(NCc1cnc[nH]1)Nc1ccc(Cl)c(C(=O)O)c1. The van der Waals surface area contributed by atoms with E-state index in [2.05, 4.69) is 20.6 Å². The largest absolute Gasteiger partial charge is 0.478 e. The molecule has 0 fully saturated rings. The predicted molar refractivity (Wildman–Crippen MR) is 72.9 cm³/mol. The van der Waals surface area contributed by atoms with Crippen LogP contribution in [0.2, 0.25) is 5.02 Å². The fraction of sp³-hybridized carbons (Fsp3) is 0.0833. The van der Waals surface area contributed by atoms with E-state index in [4.69, 9.17) is 16.7 Å². The van der Waals surface area contributed by atoms with E-state index in [1.807, 2.05) is 0 Å². The highest BCUT2D eigenvalue weighted by Gasteiger charge is 2.10. The van der Waals surface area contributed by atoms with Gasteiger partial charge in [0.2, 0.25) is 0 Å². The van der Waals surface area contributed by atoms with Crippen LogP contribution in [0.4, 0.5) is 10.5 Å². The van der Waals surface area contributed by atoms with E-state index in [0.717, 1.165) is 5.69 Å². The van der Waals surface area contributed by atoms with E-state index in [9.17, 15) is 9.59 Å². The molecule has 0 bridgehead atoms. The zero-order chi connectivity index (χ0) is 14.5. The molecule has 0 aliphatic heterocycles. The highest BCUT2D eigenvalue weighted by molar-refractivity contribution is 6.33. The summed E-state index contributed by atoms with van der Waals surface area (Å²) in [6.45, 7) is 0.283. The van der Waals surface area contributed by atoms with Crippen molar-refractivity contribution in [3.63, 3.8) is 0 Å². The summed E-state index contributed by atoms with van der Waals surface area (Å²) in [5, 5.41) is 14.2. The quantitative estimate of drug-likeness (QED) is 0.692. The molecule has 20 heavy (non-hydrogen) atoms. The van der Waals surface area contributed by atoms with E-state index in [1.165, 1.54) is 24.5 Å². The van der Waals surface area contributed by atoms with Gasteiger partial charge in [0.1, 0.15) is 0 Å². The van der Waals surface area contributed by atoms with Gasteiger partial charge < -0.3 is 20.7 Å². The number of imidazole rings is 1. The summed E-state index contributed by atoms with van der Waals surface area (Å²) in [6, 6.07) is 3.76. The fourth-order valence-electron chi connectivity index (χ4n) is 1.50. The Morgan fingerprint density at radius 2 is 2.20 bits per heavy atom. The number of hydrogen-bond acceptors (Lipinski definition) is 3. The number of amides is 2. The molecule has 2 aromatic rings. The van der Waals surface area contributed by atoms with E-state index in [0.29, 0.717) is 5.69 Å². The maximum atomic E-state index is 11.6. The average Bonchev–Trinajstić information content (AvgIpc) is 2.91. The number of carbonyl (C=O) groups is 2. The molecule has 0 saturated heterocycles. The van der Waals surface area contributed by atoms with E-state index in [1.54, 1.807) is 6.20 Å². The Labute approximate surface area is 119 Å². The van der Waals surface area contributed by atoms with Crippen LogP contribution in [0.5, 0.6) is 0 Å². The number of nitrogens with zero attached hydrogens (tertiary/aromatic N) is 1. The van der Waals surface area contributed by atoms with E-state index in [-0.39, 0.29) is 17.1 Å². The van der Waals surface area contributed by atoms with Gasteiger partial charge in [-0.05, 0) is 18.2 Å². The zero-order valence-electron chi connectivity index (χ0n) is 10.2. The lowest BCUT2D eigenvalue weighted by atomic mass is 10.2. The number of hydrogen-bond donors (Lipinski definition) is 4. The third-order valence-electron chi connectivity index (χ3n) is 2.45. The van der Waals surface area contributed by atoms with Crippen LogP contribution < -0.4 is 10.6 Å². The minimum Gasteiger partial charge on any atom is -0.478 e. The molecule has 1 heterocycles. The molecule has 104 valence electrons. The number of carboxylic acid groups (broad SMARTS) is 1. The first kappa shape index (κ1) is 13.9. The van der Waals surface area contributed by atoms with Gasteiger partial charge in [0.15, 0.2) is 0 Å². The Bertz CT molecular complexity index is 628. The minimum absolute atomic E-state index is 0.0713. The topological polar surface area (TPSA) is 107 Å². The van der Waals surface area contributed by atoms with Crippen molar-refractivity contribution >= 4 is 29.3 Å². The van der Waals surface area contributed by atoms with E-state index >= 15 is 0 Å². The first-order valence-electron chi connectivity index (χ1n) is 5.61. The van der Waals surface area contributed by atoms with Gasteiger partial charge in [0, 0.05) is 11.9 Å². The van der Waals surface area contributed by atoms with Crippen LogP contribution in [0.1, 0.15) is 16.1 Å². The molecule has 2 amide bonds. The maximum absolute atomic E-state index is 11.6. The summed E-state index contributed by atoms with van der Waals surface area (Å²) in [6.07, 6.45) is 3.10. The third-order valence-corrected chi connectivity index (χ3v) is 2.78. The van der Waals surface area contributed by atoms with Gasteiger partial charge >= 0.3 is 12.0 Å². The number of benzene rings is 1. The molecule has 4 N–H and O–H groups in total. The minimum atomic E-state index is -1.16. The molecule has 2 rings (SSSR count). The molecule has 0 spiro atoms. The molecule has 1 aromatic heterocycles. The first-order valence-corrected chi connectivity index (χ1v) is 5.99. The standard InChI is InChI=1S/C12H11ClN4O3/c13-10-2-1-7(3-9(10)11(18)19)17-12(20)15-5-8-4-14-6-16-8/h1-4,6H,5H2,(H,14,16)(H,18,19)(H2,15,17,20). The summed E-state index contributed by atoms with van der Waals surface area (Å²) in [7, 11) is 0. The van der Waals surface area contributed by atoms with Crippen molar-refractivity contribution in [2.45, 2.75) is 6.54 Å². The van der Waals surface area contributed by atoms with Crippen molar-refractivity contribution in [3.8, 4) is 0 Å². The van der Waals surface area contributed by atoms with Gasteiger partial charge in [0.05, 0.1) is 29.2 Å². The van der Waals surface area contributed by atoms with Crippen molar-refractivity contribution in [1.82, 2.24) is 15.3 Å². The summed E-state index contributed by atoms with van der Waals surface area (Å²) < 4.78 is 0. The van der Waals surface area contributed by atoms with Gasteiger partial charge in [-0.15, -0.1) is 0 Å². The number of aromatic carboxylic acids is 1. The zero-order valence-corrected chi connectivity index (χ0v) is 10.9. The van der Waals surface area contributed by atoms with Crippen LogP contribution in [0.3, 0.4) is 0 Å². The van der Waals surface area contributed by atoms with Crippen LogP contribution in [0.25, 0.3) is 0 Å². The Hall–Kier alpha value is -2.54. The smallest absolute Gasteiger partial charge is 0.337 e. The summed E-state index contributed by atoms with van der Waals surface area (Å²) in [5.74, 6) is -1.16. The van der Waals surface area contributed by atoms with Gasteiger partial charge in [-0.25, -0.2) is 14.6 Å². The van der Waals surface area contributed by atoms with Crippen molar-refractivity contribution in [2.75, 3.05) is 5.32 Å². The molecule has 7 nitrogen and oxygen atoms in total. The molecule has 0 aliphatic rings. The molecule has 0 saturated carbocycles.